The van der Waals surface area contributed by atoms with Crippen LogP contribution in [-0.4, -0.2) is 20.3 Å². The average molecular weight is 313 g/mol. The van der Waals surface area contributed by atoms with Crippen LogP contribution in [0.2, 0.25) is 0 Å². The van der Waals surface area contributed by atoms with Gasteiger partial charge in [-0.05, 0) is 24.6 Å². The third-order valence-corrected chi connectivity index (χ3v) is 4.05. The summed E-state index contributed by atoms with van der Waals surface area (Å²) >= 11 is 0. The number of rotatable bonds is 3. The number of fused-ring (bicyclic) bond motifs is 1. The maximum absolute atomic E-state index is 13.0. The van der Waals surface area contributed by atoms with Gasteiger partial charge < -0.3 is 0 Å². The summed E-state index contributed by atoms with van der Waals surface area (Å²) in [6, 6.07) is 19.0. The van der Waals surface area contributed by atoms with Gasteiger partial charge in [-0.15, -0.1) is 0 Å². The molecule has 0 radical (unpaired) electrons. The van der Waals surface area contributed by atoms with Crippen molar-refractivity contribution in [2.75, 3.05) is 0 Å². The first kappa shape index (κ1) is 14.3. The van der Waals surface area contributed by atoms with Crippen LogP contribution in [-0.2, 0) is 0 Å². The predicted molar refractivity (Wildman–Crippen MR) is 93.5 cm³/mol. The molecule has 0 saturated carbocycles. The SMILES string of the molecule is Cc1cccc2cc(C(=O)c3ccccc3)n(-c3ncccn3)c12. The van der Waals surface area contributed by atoms with Gasteiger partial charge in [0.1, 0.15) is 0 Å². The van der Waals surface area contributed by atoms with Gasteiger partial charge in [0.15, 0.2) is 0 Å². The number of carbonyl (C=O) groups excluding carboxylic acids is 1. The number of aromatic nitrogens is 3. The molecule has 0 aliphatic carbocycles. The number of carbonyl (C=O) groups is 1. The molecule has 0 N–H and O–H groups in total. The molecule has 2 heterocycles. The first-order chi connectivity index (χ1) is 11.8. The Labute approximate surface area is 139 Å². The lowest BCUT2D eigenvalue weighted by Gasteiger charge is -2.09. The van der Waals surface area contributed by atoms with E-state index >= 15 is 0 Å². The van der Waals surface area contributed by atoms with Crippen LogP contribution in [0.25, 0.3) is 16.9 Å². The first-order valence-electron chi connectivity index (χ1n) is 7.74. The molecule has 0 bridgehead atoms. The Balaban J connectivity index is 2.02. The molecule has 0 atom stereocenters. The van der Waals surface area contributed by atoms with Gasteiger partial charge in [-0.25, -0.2) is 9.97 Å². The van der Waals surface area contributed by atoms with Crippen LogP contribution >= 0.6 is 0 Å². The van der Waals surface area contributed by atoms with Crippen molar-refractivity contribution in [2.24, 2.45) is 0 Å². The molecule has 0 spiro atoms. The van der Waals surface area contributed by atoms with Gasteiger partial charge in [-0.2, -0.15) is 0 Å². The lowest BCUT2D eigenvalue weighted by Crippen LogP contribution is -2.11. The van der Waals surface area contributed by atoms with Crippen LogP contribution in [0.3, 0.4) is 0 Å². The van der Waals surface area contributed by atoms with Crippen molar-refractivity contribution in [1.82, 2.24) is 14.5 Å². The van der Waals surface area contributed by atoms with Crippen molar-refractivity contribution in [3.05, 3.63) is 89.9 Å². The minimum atomic E-state index is -0.0429. The summed E-state index contributed by atoms with van der Waals surface area (Å²) in [4.78, 5) is 21.7. The Morgan fingerprint density at radius 1 is 0.917 bits per heavy atom. The van der Waals surface area contributed by atoms with E-state index in [2.05, 4.69) is 9.97 Å². The normalized spacial score (nSPS) is 10.9. The molecule has 4 aromatic rings. The lowest BCUT2D eigenvalue weighted by atomic mass is 10.1. The van der Waals surface area contributed by atoms with Crippen molar-refractivity contribution in [3.8, 4) is 5.95 Å². The minimum absolute atomic E-state index is 0.0429. The fourth-order valence-electron chi connectivity index (χ4n) is 2.95. The summed E-state index contributed by atoms with van der Waals surface area (Å²) in [5, 5.41) is 1.00. The van der Waals surface area contributed by atoms with Crippen LogP contribution < -0.4 is 0 Å². The highest BCUT2D eigenvalue weighted by Crippen LogP contribution is 2.27. The second-order valence-electron chi connectivity index (χ2n) is 5.62. The zero-order valence-corrected chi connectivity index (χ0v) is 13.2. The summed E-state index contributed by atoms with van der Waals surface area (Å²) in [5.41, 5.74) is 3.25. The second kappa shape index (κ2) is 5.74. The molecule has 4 rings (SSSR count). The number of hydrogen-bond acceptors (Lipinski definition) is 3. The van der Waals surface area contributed by atoms with E-state index in [1.807, 2.05) is 66.1 Å². The van der Waals surface area contributed by atoms with Crippen LogP contribution in [0.5, 0.6) is 0 Å². The Bertz CT molecular complexity index is 1020. The van der Waals surface area contributed by atoms with Crippen LogP contribution in [0.4, 0.5) is 0 Å². The molecule has 4 heteroatoms. The van der Waals surface area contributed by atoms with Gasteiger partial charge in [0.25, 0.3) is 0 Å². The van der Waals surface area contributed by atoms with Crippen molar-refractivity contribution in [2.45, 2.75) is 6.92 Å². The molecule has 24 heavy (non-hydrogen) atoms. The highest BCUT2D eigenvalue weighted by Gasteiger charge is 2.20. The van der Waals surface area contributed by atoms with E-state index in [0.717, 1.165) is 16.5 Å². The zero-order chi connectivity index (χ0) is 16.5. The summed E-state index contributed by atoms with van der Waals surface area (Å²) in [6.45, 7) is 2.03. The predicted octanol–water partition coefficient (Wildman–Crippen LogP) is 3.96. The molecule has 0 amide bonds. The van der Waals surface area contributed by atoms with Crippen molar-refractivity contribution in [3.63, 3.8) is 0 Å². The maximum Gasteiger partial charge on any atom is 0.234 e. The van der Waals surface area contributed by atoms with Crippen molar-refractivity contribution >= 4 is 16.7 Å². The fraction of sp³-hybridized carbons (Fsp3) is 0.0500. The topological polar surface area (TPSA) is 47.8 Å². The monoisotopic (exact) mass is 313 g/mol. The molecule has 116 valence electrons. The number of aryl methyl sites for hydroxylation is 1. The average Bonchev–Trinajstić information content (AvgIpc) is 3.03. The van der Waals surface area contributed by atoms with E-state index in [1.54, 1.807) is 18.5 Å². The quantitative estimate of drug-likeness (QED) is 0.538. The summed E-state index contributed by atoms with van der Waals surface area (Å²) < 4.78 is 1.85. The summed E-state index contributed by atoms with van der Waals surface area (Å²) in [6.07, 6.45) is 3.37. The third kappa shape index (κ3) is 2.29. The number of hydrogen-bond donors (Lipinski definition) is 0. The Morgan fingerprint density at radius 3 is 2.42 bits per heavy atom. The smallest absolute Gasteiger partial charge is 0.234 e. The molecule has 0 aliphatic heterocycles. The van der Waals surface area contributed by atoms with E-state index in [4.69, 9.17) is 0 Å². The fourth-order valence-corrected chi connectivity index (χ4v) is 2.95. The number of nitrogens with zero attached hydrogens (tertiary/aromatic N) is 3. The van der Waals surface area contributed by atoms with Gasteiger partial charge in [0, 0.05) is 23.3 Å². The van der Waals surface area contributed by atoms with Crippen molar-refractivity contribution in [1.29, 1.82) is 0 Å². The van der Waals surface area contributed by atoms with E-state index in [1.165, 1.54) is 0 Å². The number of benzene rings is 2. The molecule has 0 saturated heterocycles. The van der Waals surface area contributed by atoms with E-state index in [0.29, 0.717) is 17.2 Å². The Hall–Kier alpha value is -3.27. The second-order valence-corrected chi connectivity index (χ2v) is 5.62. The van der Waals surface area contributed by atoms with Crippen molar-refractivity contribution < 1.29 is 4.79 Å². The number of ketones is 1. The van der Waals surface area contributed by atoms with Gasteiger partial charge >= 0.3 is 0 Å². The molecular formula is C20H15N3O. The first-order valence-corrected chi connectivity index (χ1v) is 7.74. The Kier molecular flexibility index (Phi) is 3.43. The zero-order valence-electron chi connectivity index (χ0n) is 13.2. The molecule has 2 aromatic carbocycles. The summed E-state index contributed by atoms with van der Waals surface area (Å²) in [7, 11) is 0. The molecule has 0 fully saturated rings. The largest absolute Gasteiger partial charge is 0.287 e. The van der Waals surface area contributed by atoms with E-state index < -0.39 is 0 Å². The molecule has 4 nitrogen and oxygen atoms in total. The third-order valence-electron chi connectivity index (χ3n) is 4.05. The molecule has 0 unspecified atom stereocenters. The highest BCUT2D eigenvalue weighted by molar-refractivity contribution is 6.11. The van der Waals surface area contributed by atoms with Gasteiger partial charge in [0.2, 0.25) is 11.7 Å². The van der Waals surface area contributed by atoms with Gasteiger partial charge in [0.05, 0.1) is 11.2 Å². The summed E-state index contributed by atoms with van der Waals surface area (Å²) in [5.74, 6) is 0.458. The van der Waals surface area contributed by atoms with E-state index in [9.17, 15) is 4.79 Å². The molecule has 0 aliphatic rings. The highest BCUT2D eigenvalue weighted by atomic mass is 16.1. The van der Waals surface area contributed by atoms with Crippen LogP contribution in [0.15, 0.2) is 73.1 Å². The molecule has 2 aromatic heterocycles. The van der Waals surface area contributed by atoms with Gasteiger partial charge in [-0.3, -0.25) is 9.36 Å². The lowest BCUT2D eigenvalue weighted by molar-refractivity contribution is 0.103. The number of para-hydroxylation sites is 1. The van der Waals surface area contributed by atoms with Crippen LogP contribution in [0.1, 0.15) is 21.6 Å². The minimum Gasteiger partial charge on any atom is -0.287 e. The van der Waals surface area contributed by atoms with E-state index in [-0.39, 0.29) is 5.78 Å². The van der Waals surface area contributed by atoms with Gasteiger partial charge in [-0.1, -0.05) is 48.5 Å². The molecular weight excluding hydrogens is 298 g/mol. The maximum atomic E-state index is 13.0. The Morgan fingerprint density at radius 2 is 1.67 bits per heavy atom. The standard InChI is InChI=1S/C20H15N3O/c1-14-7-5-10-16-13-17(19(24)15-8-3-2-4-9-15)23(18(14)16)20-21-11-6-12-22-20/h2-13H,1H3. The van der Waals surface area contributed by atoms with Crippen LogP contribution in [0, 0.1) is 6.92 Å².